The van der Waals surface area contributed by atoms with Crippen molar-refractivity contribution in [2.75, 3.05) is 24.5 Å². The Labute approximate surface area is 179 Å². The van der Waals surface area contributed by atoms with Crippen molar-refractivity contribution in [2.45, 2.75) is 18.4 Å². The van der Waals surface area contributed by atoms with E-state index in [1.165, 1.54) is 12.8 Å². The highest BCUT2D eigenvalue weighted by Crippen LogP contribution is 2.39. The second-order valence-electron chi connectivity index (χ2n) is 8.54. The Morgan fingerprint density at radius 3 is 2.68 bits per heavy atom. The van der Waals surface area contributed by atoms with Crippen LogP contribution in [0.3, 0.4) is 0 Å². The van der Waals surface area contributed by atoms with E-state index in [0.29, 0.717) is 11.1 Å². The predicted molar refractivity (Wildman–Crippen MR) is 118 cm³/mol. The van der Waals surface area contributed by atoms with Crippen LogP contribution >= 0.6 is 0 Å². The third kappa shape index (κ3) is 3.05. The highest BCUT2D eigenvalue weighted by molar-refractivity contribution is 5.87. The maximum Gasteiger partial charge on any atom is 0.128 e. The third-order valence-electron chi connectivity index (χ3n) is 6.38. The quantitative estimate of drug-likeness (QED) is 0.559. The molecule has 0 unspecified atom stereocenters. The van der Waals surface area contributed by atoms with Gasteiger partial charge in [-0.3, -0.25) is 4.68 Å². The van der Waals surface area contributed by atoms with E-state index in [1.807, 2.05) is 31.8 Å². The normalized spacial score (nSPS) is 17.2. The van der Waals surface area contributed by atoms with Crippen molar-refractivity contribution in [2.24, 2.45) is 7.05 Å². The molecule has 1 aliphatic carbocycles. The third-order valence-corrected chi connectivity index (χ3v) is 6.38. The fourth-order valence-corrected chi connectivity index (χ4v) is 4.52. The average Bonchev–Trinajstić information content (AvgIpc) is 3.20. The number of nitriles is 1. The van der Waals surface area contributed by atoms with Crippen molar-refractivity contribution in [3.05, 3.63) is 54.7 Å². The van der Waals surface area contributed by atoms with Gasteiger partial charge in [-0.05, 0) is 31.0 Å². The number of anilines is 1. The lowest BCUT2D eigenvalue weighted by molar-refractivity contribution is 0.440. The average molecular weight is 410 g/mol. The highest BCUT2D eigenvalue weighted by Gasteiger charge is 2.45. The van der Waals surface area contributed by atoms with Crippen LogP contribution in [0.4, 0.5) is 5.82 Å². The van der Waals surface area contributed by atoms with Crippen molar-refractivity contribution in [1.29, 1.82) is 5.26 Å². The molecule has 0 amide bonds. The smallest absolute Gasteiger partial charge is 0.128 e. The molecule has 4 aromatic heterocycles. The molecule has 2 fully saturated rings. The molecule has 1 aliphatic heterocycles. The molecular formula is C23H22N8. The monoisotopic (exact) mass is 410 g/mol. The number of hydrogen-bond acceptors (Lipinski definition) is 6. The number of piperazine rings is 1. The van der Waals surface area contributed by atoms with Gasteiger partial charge in [0.15, 0.2) is 0 Å². The van der Waals surface area contributed by atoms with Crippen LogP contribution in [-0.4, -0.2) is 49.6 Å². The highest BCUT2D eigenvalue weighted by atomic mass is 15.3. The molecule has 6 rings (SSSR count). The number of rotatable bonds is 3. The van der Waals surface area contributed by atoms with Crippen LogP contribution in [0.15, 0.2) is 49.2 Å². The molecule has 0 aromatic carbocycles. The summed E-state index contributed by atoms with van der Waals surface area (Å²) in [5.41, 5.74) is 5.55. The number of aromatic nitrogens is 5. The Balaban J connectivity index is 1.42. The summed E-state index contributed by atoms with van der Waals surface area (Å²) in [6, 6.07) is 8.55. The molecule has 0 radical (unpaired) electrons. The fraction of sp³-hybridized carbons (Fsp3) is 0.304. The molecule has 4 aromatic rings. The second-order valence-corrected chi connectivity index (χ2v) is 8.54. The minimum atomic E-state index is 0.308. The predicted octanol–water partition coefficient (Wildman–Crippen LogP) is 2.61. The van der Waals surface area contributed by atoms with Crippen LogP contribution in [0.5, 0.6) is 0 Å². The molecule has 31 heavy (non-hydrogen) atoms. The van der Waals surface area contributed by atoms with Crippen molar-refractivity contribution < 1.29 is 0 Å². The number of nitrogens with zero attached hydrogens (tertiary/aromatic N) is 7. The molecule has 1 saturated carbocycles. The lowest BCUT2D eigenvalue weighted by Gasteiger charge is -2.34. The largest absolute Gasteiger partial charge is 0.353 e. The molecule has 1 spiro atoms. The van der Waals surface area contributed by atoms with Gasteiger partial charge >= 0.3 is 0 Å². The van der Waals surface area contributed by atoms with E-state index < -0.39 is 0 Å². The van der Waals surface area contributed by atoms with Gasteiger partial charge in [0.25, 0.3) is 0 Å². The first-order chi connectivity index (χ1) is 15.1. The Bertz CT molecular complexity index is 1320. The van der Waals surface area contributed by atoms with E-state index >= 15 is 0 Å². The van der Waals surface area contributed by atoms with Crippen molar-refractivity contribution in [3.63, 3.8) is 0 Å². The van der Waals surface area contributed by atoms with E-state index in [2.05, 4.69) is 44.7 Å². The van der Waals surface area contributed by atoms with E-state index in [4.69, 9.17) is 4.98 Å². The van der Waals surface area contributed by atoms with Gasteiger partial charge in [0.2, 0.25) is 0 Å². The summed E-state index contributed by atoms with van der Waals surface area (Å²) in [5.74, 6) is 1.00. The maximum absolute atomic E-state index is 9.61. The topological polar surface area (TPSA) is 87.1 Å². The van der Waals surface area contributed by atoms with Gasteiger partial charge in [-0.2, -0.15) is 15.5 Å². The van der Waals surface area contributed by atoms with Gasteiger partial charge in [0.1, 0.15) is 11.9 Å². The zero-order chi connectivity index (χ0) is 21.0. The molecule has 0 bridgehead atoms. The first-order valence-corrected chi connectivity index (χ1v) is 10.5. The van der Waals surface area contributed by atoms with E-state index in [-0.39, 0.29) is 0 Å². The van der Waals surface area contributed by atoms with Crippen molar-refractivity contribution in [1.82, 2.24) is 29.7 Å². The van der Waals surface area contributed by atoms with Gasteiger partial charge in [-0.25, -0.2) is 9.50 Å². The minimum absolute atomic E-state index is 0.308. The summed E-state index contributed by atoms with van der Waals surface area (Å²) in [6.45, 7) is 2.98. The molecule has 0 atom stereocenters. The van der Waals surface area contributed by atoms with Crippen LogP contribution in [0.25, 0.3) is 27.8 Å². The fourth-order valence-electron chi connectivity index (χ4n) is 4.52. The van der Waals surface area contributed by atoms with Gasteiger partial charge < -0.3 is 10.2 Å². The number of nitrogens with one attached hydrogen (secondary N) is 1. The number of hydrogen-bond donors (Lipinski definition) is 1. The van der Waals surface area contributed by atoms with E-state index in [9.17, 15) is 5.26 Å². The van der Waals surface area contributed by atoms with E-state index in [0.717, 1.165) is 53.2 Å². The molecular weight excluding hydrogens is 388 g/mol. The van der Waals surface area contributed by atoms with Gasteiger partial charge in [-0.15, -0.1) is 0 Å². The Morgan fingerprint density at radius 2 is 1.97 bits per heavy atom. The summed E-state index contributed by atoms with van der Waals surface area (Å²) >= 11 is 0. The van der Waals surface area contributed by atoms with Crippen molar-refractivity contribution >= 4 is 11.3 Å². The van der Waals surface area contributed by atoms with Crippen LogP contribution in [0.1, 0.15) is 18.4 Å². The summed E-state index contributed by atoms with van der Waals surface area (Å²) < 4.78 is 3.55. The van der Waals surface area contributed by atoms with E-state index in [1.54, 1.807) is 15.4 Å². The molecule has 154 valence electrons. The lowest BCUT2D eigenvalue weighted by Crippen LogP contribution is -2.52. The number of fused-ring (bicyclic) bond motifs is 1. The first kappa shape index (κ1) is 18.1. The van der Waals surface area contributed by atoms with Crippen LogP contribution in [0.2, 0.25) is 0 Å². The maximum atomic E-state index is 9.61. The Morgan fingerprint density at radius 1 is 1.06 bits per heavy atom. The van der Waals surface area contributed by atoms with Crippen molar-refractivity contribution in [3.8, 4) is 28.3 Å². The standard InChI is InChI=1S/C23H22N8/c1-29-13-19(12-27-29)17-8-20(22-18(9-24)11-28-31(22)14-17)16-2-3-21(25-10-16)30-7-6-26-23(15-30)4-5-23/h2-3,8,10-14,26H,4-7,15H2,1H3. The summed E-state index contributed by atoms with van der Waals surface area (Å²) in [4.78, 5) is 7.16. The summed E-state index contributed by atoms with van der Waals surface area (Å²) in [7, 11) is 1.90. The van der Waals surface area contributed by atoms with Gasteiger partial charge in [0, 0.05) is 73.1 Å². The zero-order valence-corrected chi connectivity index (χ0v) is 17.3. The summed E-state index contributed by atoms with van der Waals surface area (Å²) in [6.07, 6.45) is 11.8. The van der Waals surface area contributed by atoms with Gasteiger partial charge in [-0.1, -0.05) is 0 Å². The molecule has 5 heterocycles. The summed E-state index contributed by atoms with van der Waals surface area (Å²) in [5, 5.41) is 22.0. The Hall–Kier alpha value is -3.70. The SMILES string of the molecule is Cn1cc(-c2cc(-c3ccc(N4CCNC5(CC5)C4)nc3)c3c(C#N)cnn3c2)cn1. The number of pyridine rings is 2. The molecule has 1 saturated heterocycles. The molecule has 8 nitrogen and oxygen atoms in total. The lowest BCUT2D eigenvalue weighted by atomic mass is 10.0. The number of aryl methyl sites for hydroxylation is 1. The van der Waals surface area contributed by atoms with Crippen LogP contribution in [0, 0.1) is 11.3 Å². The molecule has 1 N–H and O–H groups in total. The van der Waals surface area contributed by atoms with Gasteiger partial charge in [0.05, 0.1) is 23.5 Å². The second kappa shape index (κ2) is 6.65. The first-order valence-electron chi connectivity index (χ1n) is 10.5. The van der Waals surface area contributed by atoms with Crippen LogP contribution < -0.4 is 10.2 Å². The Kier molecular flexibility index (Phi) is 3.88. The zero-order valence-electron chi connectivity index (χ0n) is 17.3. The molecule has 2 aliphatic rings. The molecule has 8 heteroatoms. The minimum Gasteiger partial charge on any atom is -0.353 e. The van der Waals surface area contributed by atoms with Crippen LogP contribution in [-0.2, 0) is 7.05 Å².